The minimum atomic E-state index is -0.804. The molecule has 0 aliphatic rings. The van der Waals surface area contributed by atoms with Crippen LogP contribution in [0.5, 0.6) is 0 Å². The van der Waals surface area contributed by atoms with Crippen LogP contribution in [0.15, 0.2) is 0 Å². The van der Waals surface area contributed by atoms with Crippen LogP contribution in [-0.2, 0) is 19.1 Å². The Morgan fingerprint density at radius 1 is 1.21 bits per heavy atom. The van der Waals surface area contributed by atoms with Crippen LogP contribution >= 0.6 is 11.8 Å². The van der Waals surface area contributed by atoms with E-state index in [0.29, 0.717) is 0 Å². The fourth-order valence-corrected chi connectivity index (χ4v) is 1.77. The van der Waals surface area contributed by atoms with Crippen LogP contribution in [0, 0.1) is 5.92 Å². The van der Waals surface area contributed by atoms with Crippen molar-refractivity contribution in [1.29, 1.82) is 0 Å². The van der Waals surface area contributed by atoms with Gasteiger partial charge in [-0.2, -0.15) is 0 Å². The summed E-state index contributed by atoms with van der Waals surface area (Å²) in [6, 6.07) is 0. The highest BCUT2D eigenvalue weighted by Gasteiger charge is 2.27. The molecule has 0 spiro atoms. The van der Waals surface area contributed by atoms with Crippen LogP contribution in [0.4, 0.5) is 0 Å². The van der Waals surface area contributed by atoms with Gasteiger partial charge in [0.25, 0.3) is 0 Å². The molecular formula is C9H14O4S. The van der Waals surface area contributed by atoms with E-state index >= 15 is 0 Å². The first-order chi connectivity index (χ1) is 6.40. The topological polar surface area (TPSA) is 60.4 Å². The van der Waals surface area contributed by atoms with Gasteiger partial charge in [0.15, 0.2) is 10.9 Å². The molecule has 0 aliphatic heterocycles. The highest BCUT2D eigenvalue weighted by atomic mass is 32.2. The fraction of sp³-hybridized carbons (Fsp3) is 0.667. The molecule has 0 bridgehead atoms. The summed E-state index contributed by atoms with van der Waals surface area (Å²) in [6.45, 7) is 4.47. The largest absolute Gasteiger partial charge is 0.468 e. The van der Waals surface area contributed by atoms with E-state index in [1.165, 1.54) is 21.0 Å². The molecule has 0 aliphatic carbocycles. The predicted molar refractivity (Wildman–Crippen MR) is 53.9 cm³/mol. The summed E-state index contributed by atoms with van der Waals surface area (Å²) >= 11 is 0.923. The van der Waals surface area contributed by atoms with Gasteiger partial charge >= 0.3 is 5.97 Å². The average Bonchev–Trinajstić information content (AvgIpc) is 2.13. The number of esters is 1. The molecule has 0 heterocycles. The van der Waals surface area contributed by atoms with Gasteiger partial charge in [-0.1, -0.05) is 11.8 Å². The second kappa shape index (κ2) is 5.80. The number of carbonyl (C=O) groups excluding carboxylic acids is 3. The van der Waals surface area contributed by atoms with Gasteiger partial charge in [0.1, 0.15) is 5.92 Å². The van der Waals surface area contributed by atoms with E-state index in [1.807, 2.05) is 0 Å². The summed E-state index contributed by atoms with van der Waals surface area (Å²) in [5.74, 6) is -1.65. The molecule has 0 amide bonds. The normalized spacial score (nSPS) is 14.3. The lowest BCUT2D eigenvalue weighted by Crippen LogP contribution is -2.29. The smallest absolute Gasteiger partial charge is 0.315 e. The molecule has 0 N–H and O–H groups in total. The molecule has 0 saturated carbocycles. The van der Waals surface area contributed by atoms with Crippen molar-refractivity contribution in [3.63, 3.8) is 0 Å². The van der Waals surface area contributed by atoms with Crippen LogP contribution in [0.2, 0.25) is 0 Å². The molecule has 2 atom stereocenters. The number of hydrogen-bond donors (Lipinski definition) is 0. The predicted octanol–water partition coefficient (Wildman–Crippen LogP) is 1.03. The minimum absolute atomic E-state index is 0.136. The summed E-state index contributed by atoms with van der Waals surface area (Å²) in [5, 5.41) is -0.635. The van der Waals surface area contributed by atoms with E-state index in [0.717, 1.165) is 11.8 Å². The SMILES string of the molecule is COC(=O)C(C)C(=O)C(C)SC(C)=O. The third-order valence-corrected chi connectivity index (χ3v) is 2.64. The van der Waals surface area contributed by atoms with Gasteiger partial charge in [0, 0.05) is 6.92 Å². The zero-order valence-electron chi connectivity index (χ0n) is 8.70. The first kappa shape index (κ1) is 13.2. The number of hydrogen-bond acceptors (Lipinski definition) is 5. The molecule has 0 aromatic carbocycles. The van der Waals surface area contributed by atoms with Crippen molar-refractivity contribution in [1.82, 2.24) is 0 Å². The Morgan fingerprint density at radius 3 is 2.07 bits per heavy atom. The van der Waals surface area contributed by atoms with Crippen LogP contribution < -0.4 is 0 Å². The summed E-state index contributed by atoms with van der Waals surface area (Å²) in [5.41, 5.74) is 0. The van der Waals surface area contributed by atoms with Gasteiger partial charge in [-0.3, -0.25) is 14.4 Å². The van der Waals surface area contributed by atoms with Gasteiger partial charge < -0.3 is 4.74 Å². The summed E-state index contributed by atoms with van der Waals surface area (Å²) in [7, 11) is 1.23. The number of carbonyl (C=O) groups is 3. The van der Waals surface area contributed by atoms with E-state index in [-0.39, 0.29) is 10.9 Å². The molecule has 14 heavy (non-hydrogen) atoms. The Hall–Kier alpha value is -0.840. The molecule has 5 heteroatoms. The van der Waals surface area contributed by atoms with E-state index in [4.69, 9.17) is 0 Å². The molecule has 0 radical (unpaired) electrons. The monoisotopic (exact) mass is 218 g/mol. The lowest BCUT2D eigenvalue weighted by atomic mass is 10.1. The van der Waals surface area contributed by atoms with Crippen molar-refractivity contribution in [3.8, 4) is 0 Å². The standard InChI is InChI=1S/C9H14O4S/c1-5(9(12)13-4)8(11)6(2)14-7(3)10/h5-6H,1-4H3. The van der Waals surface area contributed by atoms with Crippen molar-refractivity contribution in [2.75, 3.05) is 7.11 Å². The van der Waals surface area contributed by atoms with Gasteiger partial charge in [-0.05, 0) is 13.8 Å². The maximum Gasteiger partial charge on any atom is 0.315 e. The van der Waals surface area contributed by atoms with E-state index < -0.39 is 17.1 Å². The number of ketones is 1. The number of thioether (sulfide) groups is 1. The average molecular weight is 218 g/mol. The number of rotatable bonds is 4. The van der Waals surface area contributed by atoms with Crippen molar-refractivity contribution in [3.05, 3.63) is 0 Å². The molecule has 0 aromatic rings. The van der Waals surface area contributed by atoms with Gasteiger partial charge in [-0.15, -0.1) is 0 Å². The zero-order valence-corrected chi connectivity index (χ0v) is 9.51. The lowest BCUT2D eigenvalue weighted by Gasteiger charge is -2.12. The van der Waals surface area contributed by atoms with Gasteiger partial charge in [0.2, 0.25) is 0 Å². The zero-order chi connectivity index (χ0) is 11.3. The lowest BCUT2D eigenvalue weighted by molar-refractivity contribution is -0.148. The highest BCUT2D eigenvalue weighted by Crippen LogP contribution is 2.16. The quantitative estimate of drug-likeness (QED) is 0.521. The molecule has 0 rings (SSSR count). The van der Waals surface area contributed by atoms with Gasteiger partial charge in [-0.25, -0.2) is 0 Å². The van der Waals surface area contributed by atoms with E-state index in [2.05, 4.69) is 4.74 Å². The van der Waals surface area contributed by atoms with E-state index in [9.17, 15) is 14.4 Å². The molecule has 0 fully saturated rings. The molecule has 0 aromatic heterocycles. The fourth-order valence-electron chi connectivity index (χ4n) is 0.952. The van der Waals surface area contributed by atoms with Crippen molar-refractivity contribution < 1.29 is 19.1 Å². The van der Waals surface area contributed by atoms with Crippen LogP contribution in [0.3, 0.4) is 0 Å². The Balaban J connectivity index is 4.31. The maximum atomic E-state index is 11.5. The van der Waals surface area contributed by atoms with Gasteiger partial charge in [0.05, 0.1) is 12.4 Å². The third-order valence-electron chi connectivity index (χ3n) is 1.72. The van der Waals surface area contributed by atoms with E-state index in [1.54, 1.807) is 6.92 Å². The summed E-state index contributed by atoms with van der Waals surface area (Å²) < 4.78 is 4.43. The molecule has 4 nitrogen and oxygen atoms in total. The van der Waals surface area contributed by atoms with Crippen molar-refractivity contribution >= 4 is 28.6 Å². The first-order valence-electron chi connectivity index (χ1n) is 4.19. The highest BCUT2D eigenvalue weighted by molar-refractivity contribution is 8.14. The maximum absolute atomic E-state index is 11.5. The second-order valence-corrected chi connectivity index (χ2v) is 4.42. The molecular weight excluding hydrogens is 204 g/mol. The number of methoxy groups -OCH3 is 1. The van der Waals surface area contributed by atoms with Crippen molar-refractivity contribution in [2.24, 2.45) is 5.92 Å². The second-order valence-electron chi connectivity index (χ2n) is 2.90. The molecule has 80 valence electrons. The summed E-state index contributed by atoms with van der Waals surface area (Å²) in [4.78, 5) is 33.2. The Labute approximate surface area is 87.4 Å². The Kier molecular flexibility index (Phi) is 5.45. The Bertz CT molecular complexity index is 249. The number of Topliss-reactive ketones (excluding diaryl/α,β-unsaturated/α-hetero) is 1. The third kappa shape index (κ3) is 3.91. The first-order valence-corrected chi connectivity index (χ1v) is 5.06. The summed E-state index contributed by atoms with van der Waals surface area (Å²) in [6.07, 6.45) is 0. The molecule has 2 unspecified atom stereocenters. The molecule has 0 saturated heterocycles. The van der Waals surface area contributed by atoms with Crippen LogP contribution in [-0.4, -0.2) is 29.2 Å². The Morgan fingerprint density at radius 2 is 1.71 bits per heavy atom. The number of ether oxygens (including phenoxy) is 1. The van der Waals surface area contributed by atoms with Crippen LogP contribution in [0.25, 0.3) is 0 Å². The minimum Gasteiger partial charge on any atom is -0.468 e. The van der Waals surface area contributed by atoms with Crippen LogP contribution in [0.1, 0.15) is 20.8 Å². The van der Waals surface area contributed by atoms with Crippen molar-refractivity contribution in [2.45, 2.75) is 26.0 Å².